The van der Waals surface area contributed by atoms with Gasteiger partial charge in [-0.3, -0.25) is 0 Å². The van der Waals surface area contributed by atoms with E-state index in [1.807, 2.05) is 0 Å². The van der Waals surface area contributed by atoms with Gasteiger partial charge in [0.2, 0.25) is 0 Å². The molecular weight excluding hydrogens is 172 g/mol. The Bertz CT molecular complexity index is 134. The Morgan fingerprint density at radius 3 is 2.14 bits per heavy atom. The molecule has 0 aromatic carbocycles. The molecule has 1 fully saturated rings. The summed E-state index contributed by atoms with van der Waals surface area (Å²) in [6, 6.07) is 0. The molecule has 0 saturated heterocycles. The summed E-state index contributed by atoms with van der Waals surface area (Å²) in [5.74, 6) is 1.36. The summed E-state index contributed by atoms with van der Waals surface area (Å²) in [4.78, 5) is 0. The Labute approximate surface area is 88.9 Å². The Morgan fingerprint density at radius 2 is 1.64 bits per heavy atom. The quantitative estimate of drug-likeness (QED) is 0.713. The van der Waals surface area contributed by atoms with Crippen molar-refractivity contribution in [1.82, 2.24) is 0 Å². The first-order valence-electron chi connectivity index (χ1n) is 6.46. The highest BCUT2D eigenvalue weighted by Gasteiger charge is 2.23. The maximum Gasteiger partial charge on any atom is 0.0571 e. The molecule has 0 aliphatic heterocycles. The number of rotatable bonds is 5. The smallest absolute Gasteiger partial charge is 0.0571 e. The summed E-state index contributed by atoms with van der Waals surface area (Å²) < 4.78 is 0. The van der Waals surface area contributed by atoms with Crippen molar-refractivity contribution in [3.8, 4) is 0 Å². The van der Waals surface area contributed by atoms with E-state index in [-0.39, 0.29) is 6.10 Å². The third kappa shape index (κ3) is 3.61. The average molecular weight is 198 g/mol. The maximum absolute atomic E-state index is 10.1. The maximum atomic E-state index is 10.1. The minimum absolute atomic E-state index is 0.0137. The van der Waals surface area contributed by atoms with E-state index in [2.05, 4.69) is 13.8 Å². The fraction of sp³-hybridized carbons (Fsp3) is 1.00. The molecule has 1 aliphatic rings. The van der Waals surface area contributed by atoms with Crippen LogP contribution in [0.25, 0.3) is 0 Å². The molecule has 0 radical (unpaired) electrons. The lowest BCUT2D eigenvalue weighted by molar-refractivity contribution is 0.0609. The standard InChI is InChI=1S/C13H26O/c1-3-11(4-2)10-13(14)12-8-6-5-7-9-12/h11-14H,3-10H2,1-2H3. The molecule has 1 saturated carbocycles. The summed E-state index contributed by atoms with van der Waals surface area (Å²) in [5, 5.41) is 10.1. The molecule has 0 aromatic heterocycles. The fourth-order valence-electron chi connectivity index (χ4n) is 2.67. The first-order chi connectivity index (χ1) is 6.77. The van der Waals surface area contributed by atoms with Crippen LogP contribution >= 0.6 is 0 Å². The second-order valence-corrected chi connectivity index (χ2v) is 4.88. The van der Waals surface area contributed by atoms with Crippen molar-refractivity contribution in [1.29, 1.82) is 0 Å². The van der Waals surface area contributed by atoms with Crippen molar-refractivity contribution < 1.29 is 5.11 Å². The molecule has 84 valence electrons. The van der Waals surface area contributed by atoms with Crippen molar-refractivity contribution in [2.45, 2.75) is 71.3 Å². The Balaban J connectivity index is 2.27. The van der Waals surface area contributed by atoms with Crippen LogP contribution in [0.2, 0.25) is 0 Å². The van der Waals surface area contributed by atoms with Crippen LogP contribution in [0.5, 0.6) is 0 Å². The lowest BCUT2D eigenvalue weighted by Gasteiger charge is -2.28. The van der Waals surface area contributed by atoms with E-state index in [1.165, 1.54) is 44.9 Å². The molecule has 0 aromatic rings. The predicted octanol–water partition coefficient (Wildman–Crippen LogP) is 3.75. The summed E-state index contributed by atoms with van der Waals surface area (Å²) in [7, 11) is 0. The van der Waals surface area contributed by atoms with Crippen molar-refractivity contribution in [3.05, 3.63) is 0 Å². The monoisotopic (exact) mass is 198 g/mol. The lowest BCUT2D eigenvalue weighted by Crippen LogP contribution is -2.25. The van der Waals surface area contributed by atoms with Gasteiger partial charge in [0.1, 0.15) is 0 Å². The van der Waals surface area contributed by atoms with Crippen molar-refractivity contribution in [3.63, 3.8) is 0 Å². The molecular formula is C13H26O. The Morgan fingerprint density at radius 1 is 1.07 bits per heavy atom. The van der Waals surface area contributed by atoms with E-state index in [0.29, 0.717) is 5.92 Å². The minimum atomic E-state index is -0.0137. The summed E-state index contributed by atoms with van der Waals surface area (Å²) in [6.07, 6.45) is 10.1. The van der Waals surface area contributed by atoms with Crippen LogP contribution in [0.4, 0.5) is 0 Å². The molecule has 1 N–H and O–H groups in total. The van der Waals surface area contributed by atoms with E-state index >= 15 is 0 Å². The molecule has 14 heavy (non-hydrogen) atoms. The summed E-state index contributed by atoms with van der Waals surface area (Å²) in [6.45, 7) is 4.48. The molecule has 0 bridgehead atoms. The highest BCUT2D eigenvalue weighted by molar-refractivity contribution is 4.75. The van der Waals surface area contributed by atoms with E-state index in [1.54, 1.807) is 0 Å². The van der Waals surface area contributed by atoms with Crippen LogP contribution in [0.1, 0.15) is 65.2 Å². The van der Waals surface area contributed by atoms with Crippen LogP contribution in [-0.4, -0.2) is 11.2 Å². The zero-order chi connectivity index (χ0) is 10.4. The average Bonchev–Trinajstić information content (AvgIpc) is 2.26. The van der Waals surface area contributed by atoms with Gasteiger partial charge in [-0.1, -0.05) is 46.0 Å². The molecule has 1 unspecified atom stereocenters. The third-order valence-electron chi connectivity index (χ3n) is 3.92. The van der Waals surface area contributed by atoms with E-state index in [4.69, 9.17) is 0 Å². The zero-order valence-corrected chi connectivity index (χ0v) is 9.84. The predicted molar refractivity (Wildman–Crippen MR) is 61.3 cm³/mol. The summed E-state index contributed by atoms with van der Waals surface area (Å²) in [5.41, 5.74) is 0. The van der Waals surface area contributed by atoms with Gasteiger partial charge in [-0.2, -0.15) is 0 Å². The van der Waals surface area contributed by atoms with Gasteiger partial charge in [0.15, 0.2) is 0 Å². The lowest BCUT2D eigenvalue weighted by atomic mass is 9.81. The molecule has 0 spiro atoms. The molecule has 0 heterocycles. The first-order valence-corrected chi connectivity index (χ1v) is 6.46. The molecule has 1 nitrogen and oxygen atoms in total. The van der Waals surface area contributed by atoms with Crippen LogP contribution in [-0.2, 0) is 0 Å². The van der Waals surface area contributed by atoms with Gasteiger partial charge in [0, 0.05) is 0 Å². The highest BCUT2D eigenvalue weighted by Crippen LogP contribution is 2.30. The van der Waals surface area contributed by atoms with Gasteiger partial charge < -0.3 is 5.11 Å². The normalized spacial score (nSPS) is 21.4. The molecule has 1 rings (SSSR count). The van der Waals surface area contributed by atoms with Gasteiger partial charge in [-0.15, -0.1) is 0 Å². The van der Waals surface area contributed by atoms with Crippen LogP contribution < -0.4 is 0 Å². The minimum Gasteiger partial charge on any atom is -0.393 e. The topological polar surface area (TPSA) is 20.2 Å². The Hall–Kier alpha value is -0.0400. The number of aliphatic hydroxyl groups is 1. The molecule has 0 amide bonds. The van der Waals surface area contributed by atoms with Gasteiger partial charge in [-0.05, 0) is 31.1 Å². The molecule has 1 aliphatic carbocycles. The van der Waals surface area contributed by atoms with Crippen molar-refractivity contribution >= 4 is 0 Å². The fourth-order valence-corrected chi connectivity index (χ4v) is 2.67. The van der Waals surface area contributed by atoms with Crippen LogP contribution in [0.15, 0.2) is 0 Å². The van der Waals surface area contributed by atoms with Crippen molar-refractivity contribution in [2.24, 2.45) is 11.8 Å². The van der Waals surface area contributed by atoms with Gasteiger partial charge in [0.05, 0.1) is 6.10 Å². The van der Waals surface area contributed by atoms with E-state index < -0.39 is 0 Å². The largest absolute Gasteiger partial charge is 0.393 e. The van der Waals surface area contributed by atoms with Crippen LogP contribution in [0, 0.1) is 11.8 Å². The second-order valence-electron chi connectivity index (χ2n) is 4.88. The summed E-state index contributed by atoms with van der Waals surface area (Å²) >= 11 is 0. The van der Waals surface area contributed by atoms with Gasteiger partial charge in [0.25, 0.3) is 0 Å². The van der Waals surface area contributed by atoms with Crippen LogP contribution in [0.3, 0.4) is 0 Å². The third-order valence-corrected chi connectivity index (χ3v) is 3.92. The highest BCUT2D eigenvalue weighted by atomic mass is 16.3. The number of hydrogen-bond donors (Lipinski definition) is 1. The number of aliphatic hydroxyl groups excluding tert-OH is 1. The SMILES string of the molecule is CCC(CC)CC(O)C1CCCCC1. The second kappa shape index (κ2) is 6.44. The Kier molecular flexibility index (Phi) is 5.54. The molecule has 1 heteroatoms. The van der Waals surface area contributed by atoms with E-state index in [9.17, 15) is 5.11 Å². The van der Waals surface area contributed by atoms with E-state index in [0.717, 1.165) is 12.3 Å². The zero-order valence-electron chi connectivity index (χ0n) is 9.84. The molecule has 1 atom stereocenters. The first kappa shape index (κ1) is 12.0. The van der Waals surface area contributed by atoms with Gasteiger partial charge in [-0.25, -0.2) is 0 Å². The van der Waals surface area contributed by atoms with Crippen molar-refractivity contribution in [2.75, 3.05) is 0 Å². The van der Waals surface area contributed by atoms with Gasteiger partial charge >= 0.3 is 0 Å². The number of hydrogen-bond acceptors (Lipinski definition) is 1.